The molecule has 1 amide bonds. The second-order valence-electron chi connectivity index (χ2n) is 5.77. The normalized spacial score (nSPS) is 17.2. The fourth-order valence-electron chi connectivity index (χ4n) is 2.71. The minimum atomic E-state index is -0.908. The summed E-state index contributed by atoms with van der Waals surface area (Å²) in [6.45, 7) is 5.31. The van der Waals surface area contributed by atoms with Crippen molar-refractivity contribution in [3.05, 3.63) is 40.7 Å². The van der Waals surface area contributed by atoms with Gasteiger partial charge in [0.15, 0.2) is 0 Å². The molecule has 122 valence electrons. The average Bonchev–Trinajstić information content (AvgIpc) is 3.04. The zero-order chi connectivity index (χ0) is 16.2. The molecular formula is C17H21N3O2S. The maximum atomic E-state index is 11.8. The summed E-state index contributed by atoms with van der Waals surface area (Å²) in [6.07, 6.45) is -0.908. The fourth-order valence-corrected chi connectivity index (χ4v) is 3.55. The Bertz CT molecular complexity index is 649. The predicted molar refractivity (Wildman–Crippen MR) is 91.1 cm³/mol. The molecule has 1 aliphatic heterocycles. The van der Waals surface area contributed by atoms with Crippen molar-refractivity contribution in [2.45, 2.75) is 19.6 Å². The number of benzene rings is 1. The number of aliphatic hydroxyl groups is 1. The SMILES string of the molecule is CC(O)C(=O)N1CCN(Cc2nc(-c3ccccc3)cs2)CC1. The lowest BCUT2D eigenvalue weighted by molar-refractivity contribution is -0.141. The van der Waals surface area contributed by atoms with E-state index in [1.807, 2.05) is 18.2 Å². The van der Waals surface area contributed by atoms with Gasteiger partial charge >= 0.3 is 0 Å². The highest BCUT2D eigenvalue weighted by Gasteiger charge is 2.24. The molecule has 0 radical (unpaired) electrons. The molecular weight excluding hydrogens is 310 g/mol. The number of aliphatic hydroxyl groups excluding tert-OH is 1. The van der Waals surface area contributed by atoms with Gasteiger partial charge in [-0.05, 0) is 6.92 Å². The fraction of sp³-hybridized carbons (Fsp3) is 0.412. The van der Waals surface area contributed by atoms with Crippen molar-refractivity contribution in [3.63, 3.8) is 0 Å². The Kier molecular flexibility index (Phi) is 5.05. The van der Waals surface area contributed by atoms with Crippen LogP contribution < -0.4 is 0 Å². The number of aromatic nitrogens is 1. The summed E-state index contributed by atoms with van der Waals surface area (Å²) in [7, 11) is 0. The van der Waals surface area contributed by atoms with Crippen molar-refractivity contribution in [1.29, 1.82) is 0 Å². The number of thiazole rings is 1. The first-order chi connectivity index (χ1) is 11.1. The van der Waals surface area contributed by atoms with Crippen LogP contribution in [0.25, 0.3) is 11.3 Å². The average molecular weight is 331 g/mol. The second kappa shape index (κ2) is 7.21. The smallest absolute Gasteiger partial charge is 0.251 e. The van der Waals surface area contributed by atoms with Crippen LogP contribution in [-0.2, 0) is 11.3 Å². The maximum Gasteiger partial charge on any atom is 0.251 e. The van der Waals surface area contributed by atoms with Crippen molar-refractivity contribution < 1.29 is 9.90 Å². The minimum Gasteiger partial charge on any atom is -0.384 e. The number of nitrogens with zero attached hydrogens (tertiary/aromatic N) is 3. The molecule has 0 spiro atoms. The van der Waals surface area contributed by atoms with E-state index in [-0.39, 0.29) is 5.91 Å². The van der Waals surface area contributed by atoms with E-state index in [0.29, 0.717) is 13.1 Å². The van der Waals surface area contributed by atoms with Crippen LogP contribution >= 0.6 is 11.3 Å². The summed E-state index contributed by atoms with van der Waals surface area (Å²) in [5.74, 6) is -0.176. The third-order valence-corrected chi connectivity index (χ3v) is 4.86. The molecule has 23 heavy (non-hydrogen) atoms. The van der Waals surface area contributed by atoms with E-state index < -0.39 is 6.10 Å². The molecule has 0 saturated carbocycles. The van der Waals surface area contributed by atoms with Crippen molar-refractivity contribution in [1.82, 2.24) is 14.8 Å². The standard InChI is InChI=1S/C17H21N3O2S/c1-13(21)17(22)20-9-7-19(8-10-20)11-16-18-15(12-23-16)14-5-3-2-4-6-14/h2-6,12-13,21H,7-11H2,1H3. The molecule has 0 bridgehead atoms. The quantitative estimate of drug-likeness (QED) is 0.929. The van der Waals surface area contributed by atoms with Crippen LogP contribution in [0, 0.1) is 0 Å². The summed E-state index contributed by atoms with van der Waals surface area (Å²) in [5, 5.41) is 12.6. The summed E-state index contributed by atoms with van der Waals surface area (Å²) in [6, 6.07) is 10.2. The first-order valence-electron chi connectivity index (χ1n) is 7.82. The lowest BCUT2D eigenvalue weighted by Crippen LogP contribution is -2.50. The number of amides is 1. The molecule has 5 nitrogen and oxygen atoms in total. The van der Waals surface area contributed by atoms with Gasteiger partial charge in [0.05, 0.1) is 12.2 Å². The molecule has 2 heterocycles. The third kappa shape index (κ3) is 3.96. The number of carbonyl (C=O) groups is 1. The van der Waals surface area contributed by atoms with Crippen LogP contribution in [0.4, 0.5) is 0 Å². The Morgan fingerprint density at radius 1 is 1.26 bits per heavy atom. The van der Waals surface area contributed by atoms with Crippen LogP contribution in [0.2, 0.25) is 0 Å². The van der Waals surface area contributed by atoms with Gasteiger partial charge in [-0.2, -0.15) is 0 Å². The Balaban J connectivity index is 1.55. The third-order valence-electron chi connectivity index (χ3n) is 4.02. The molecule has 1 N–H and O–H groups in total. The zero-order valence-corrected chi connectivity index (χ0v) is 14.0. The summed E-state index contributed by atoms with van der Waals surface area (Å²) >= 11 is 1.68. The van der Waals surface area contributed by atoms with Gasteiger partial charge in [-0.15, -0.1) is 11.3 Å². The van der Waals surface area contributed by atoms with Gasteiger partial charge in [-0.3, -0.25) is 9.69 Å². The highest BCUT2D eigenvalue weighted by atomic mass is 32.1. The van der Waals surface area contributed by atoms with E-state index in [1.165, 1.54) is 6.92 Å². The molecule has 1 unspecified atom stereocenters. The Labute approximate surface area is 140 Å². The highest BCUT2D eigenvalue weighted by molar-refractivity contribution is 7.09. The molecule has 1 aliphatic rings. The first kappa shape index (κ1) is 16.1. The molecule has 2 aromatic rings. The van der Waals surface area contributed by atoms with Gasteiger partial charge < -0.3 is 10.0 Å². The maximum absolute atomic E-state index is 11.8. The number of hydrogen-bond donors (Lipinski definition) is 1. The molecule has 1 atom stereocenters. The van der Waals surface area contributed by atoms with E-state index in [1.54, 1.807) is 16.2 Å². The summed E-state index contributed by atoms with van der Waals surface area (Å²) < 4.78 is 0. The summed E-state index contributed by atoms with van der Waals surface area (Å²) in [4.78, 5) is 20.5. The lowest BCUT2D eigenvalue weighted by Gasteiger charge is -2.34. The monoisotopic (exact) mass is 331 g/mol. The Morgan fingerprint density at radius 2 is 1.96 bits per heavy atom. The van der Waals surface area contributed by atoms with Crippen LogP contribution in [0.5, 0.6) is 0 Å². The van der Waals surface area contributed by atoms with E-state index in [0.717, 1.165) is 35.9 Å². The number of carbonyl (C=O) groups excluding carboxylic acids is 1. The van der Waals surface area contributed by atoms with Gasteiger partial charge in [0.25, 0.3) is 5.91 Å². The molecule has 1 fully saturated rings. The molecule has 1 aromatic heterocycles. The topological polar surface area (TPSA) is 56.7 Å². The van der Waals surface area contributed by atoms with Crippen molar-refractivity contribution in [2.75, 3.05) is 26.2 Å². The number of hydrogen-bond acceptors (Lipinski definition) is 5. The van der Waals surface area contributed by atoms with Gasteiger partial charge in [0.2, 0.25) is 0 Å². The van der Waals surface area contributed by atoms with Crippen LogP contribution in [-0.4, -0.2) is 58.1 Å². The molecule has 3 rings (SSSR count). The predicted octanol–water partition coefficient (Wildman–Crippen LogP) is 1.84. The second-order valence-corrected chi connectivity index (χ2v) is 6.71. The van der Waals surface area contributed by atoms with Crippen molar-refractivity contribution >= 4 is 17.2 Å². The van der Waals surface area contributed by atoms with Gasteiger partial charge in [-0.1, -0.05) is 30.3 Å². The highest BCUT2D eigenvalue weighted by Crippen LogP contribution is 2.22. The van der Waals surface area contributed by atoms with Gasteiger partial charge in [0.1, 0.15) is 11.1 Å². The van der Waals surface area contributed by atoms with E-state index in [9.17, 15) is 9.90 Å². The van der Waals surface area contributed by atoms with Crippen LogP contribution in [0.3, 0.4) is 0 Å². The van der Waals surface area contributed by atoms with E-state index in [2.05, 4.69) is 22.4 Å². The first-order valence-corrected chi connectivity index (χ1v) is 8.70. The zero-order valence-electron chi connectivity index (χ0n) is 13.2. The lowest BCUT2D eigenvalue weighted by atomic mass is 10.2. The Hall–Kier alpha value is -1.76. The molecule has 1 saturated heterocycles. The molecule has 1 aromatic carbocycles. The number of rotatable bonds is 4. The molecule has 6 heteroatoms. The van der Waals surface area contributed by atoms with E-state index >= 15 is 0 Å². The van der Waals surface area contributed by atoms with Crippen LogP contribution in [0.15, 0.2) is 35.7 Å². The van der Waals surface area contributed by atoms with Crippen molar-refractivity contribution in [2.24, 2.45) is 0 Å². The van der Waals surface area contributed by atoms with Gasteiger partial charge in [0, 0.05) is 37.1 Å². The van der Waals surface area contributed by atoms with Gasteiger partial charge in [-0.25, -0.2) is 4.98 Å². The van der Waals surface area contributed by atoms with Crippen LogP contribution in [0.1, 0.15) is 11.9 Å². The minimum absolute atomic E-state index is 0.176. The molecule has 0 aliphatic carbocycles. The van der Waals surface area contributed by atoms with E-state index in [4.69, 9.17) is 4.98 Å². The number of piperazine rings is 1. The van der Waals surface area contributed by atoms with Crippen molar-refractivity contribution in [3.8, 4) is 11.3 Å². The summed E-state index contributed by atoms with van der Waals surface area (Å²) in [5.41, 5.74) is 2.16. The largest absolute Gasteiger partial charge is 0.384 e. The Morgan fingerprint density at radius 3 is 2.61 bits per heavy atom.